The molecule has 0 aromatic rings. The van der Waals surface area contributed by atoms with Crippen molar-refractivity contribution in [2.24, 2.45) is 23.2 Å². The second-order valence-corrected chi connectivity index (χ2v) is 8.86. The molecule has 0 saturated heterocycles. The summed E-state index contributed by atoms with van der Waals surface area (Å²) in [6, 6.07) is 0. The smallest absolute Gasteiger partial charge is 0.137 e. The summed E-state index contributed by atoms with van der Waals surface area (Å²) in [5.41, 5.74) is 3.63. The molecule has 124 valence electrons. The van der Waals surface area contributed by atoms with Gasteiger partial charge in [-0.2, -0.15) is 0 Å². The zero-order chi connectivity index (χ0) is 15.7. The first-order chi connectivity index (χ1) is 11.1. The third kappa shape index (κ3) is 1.82. The molecule has 2 fully saturated rings. The third-order valence-corrected chi connectivity index (χ3v) is 8.21. The molecule has 23 heavy (non-hydrogen) atoms. The minimum atomic E-state index is 0.0415. The van der Waals surface area contributed by atoms with Gasteiger partial charge < -0.3 is 4.74 Å². The van der Waals surface area contributed by atoms with Crippen LogP contribution in [0.3, 0.4) is 0 Å². The molecule has 5 atom stereocenters. The largest absolute Gasteiger partial charge is 0.366 e. The molecule has 0 aromatic heterocycles. The summed E-state index contributed by atoms with van der Waals surface area (Å²) in [6.07, 6.45) is 15.0. The highest BCUT2D eigenvalue weighted by Crippen LogP contribution is 2.66. The lowest BCUT2D eigenvalue weighted by atomic mass is 9.52. The van der Waals surface area contributed by atoms with Crippen molar-refractivity contribution >= 4 is 5.78 Å². The molecule has 1 spiro atoms. The first kappa shape index (κ1) is 14.5. The zero-order valence-electron chi connectivity index (χ0n) is 14.3. The number of hydrogen-bond acceptors (Lipinski definition) is 2. The molecule has 2 nitrogen and oxygen atoms in total. The van der Waals surface area contributed by atoms with Gasteiger partial charge >= 0.3 is 0 Å². The van der Waals surface area contributed by atoms with Crippen molar-refractivity contribution in [1.82, 2.24) is 0 Å². The molecule has 4 aliphatic carbocycles. The SMILES string of the molecule is C[C@]12CCC3C4=C(CCC3C1CC[C@@]21C=CCO1)CC(=O)CC4. The molecule has 0 amide bonds. The first-order valence-corrected chi connectivity index (χ1v) is 9.67. The highest BCUT2D eigenvalue weighted by molar-refractivity contribution is 5.82. The molecule has 2 saturated carbocycles. The first-order valence-electron chi connectivity index (χ1n) is 9.67. The van der Waals surface area contributed by atoms with Gasteiger partial charge in [0.05, 0.1) is 12.2 Å². The normalized spacial score (nSPS) is 48.6. The van der Waals surface area contributed by atoms with Crippen molar-refractivity contribution in [1.29, 1.82) is 0 Å². The number of carbonyl (C=O) groups is 1. The Kier molecular flexibility index (Phi) is 3.03. The average Bonchev–Trinajstić information content (AvgIpc) is 3.14. The van der Waals surface area contributed by atoms with Crippen molar-refractivity contribution in [3.05, 3.63) is 23.3 Å². The fourth-order valence-electron chi connectivity index (χ4n) is 7.08. The van der Waals surface area contributed by atoms with E-state index in [0.717, 1.165) is 43.6 Å². The molecule has 0 bridgehead atoms. The highest BCUT2D eigenvalue weighted by Gasteiger charge is 2.62. The number of ketones is 1. The van der Waals surface area contributed by atoms with E-state index in [9.17, 15) is 4.79 Å². The monoisotopic (exact) mass is 312 g/mol. The van der Waals surface area contributed by atoms with E-state index in [1.54, 1.807) is 5.57 Å². The Hall–Kier alpha value is -0.890. The summed E-state index contributed by atoms with van der Waals surface area (Å²) in [5, 5.41) is 0. The summed E-state index contributed by atoms with van der Waals surface area (Å²) in [7, 11) is 0. The van der Waals surface area contributed by atoms with Crippen LogP contribution in [-0.2, 0) is 9.53 Å². The van der Waals surface area contributed by atoms with Crippen LogP contribution in [-0.4, -0.2) is 18.0 Å². The minimum absolute atomic E-state index is 0.0415. The lowest BCUT2D eigenvalue weighted by molar-refractivity contribution is -0.119. The van der Waals surface area contributed by atoms with Gasteiger partial charge in [0.15, 0.2) is 0 Å². The van der Waals surface area contributed by atoms with Gasteiger partial charge in [0.1, 0.15) is 5.78 Å². The summed E-state index contributed by atoms with van der Waals surface area (Å²) in [5.74, 6) is 2.92. The summed E-state index contributed by atoms with van der Waals surface area (Å²) < 4.78 is 6.31. The number of rotatable bonds is 0. The van der Waals surface area contributed by atoms with Gasteiger partial charge in [-0.3, -0.25) is 4.79 Å². The van der Waals surface area contributed by atoms with Gasteiger partial charge in [-0.25, -0.2) is 0 Å². The Morgan fingerprint density at radius 2 is 2.04 bits per heavy atom. The standard InChI is InChI=1S/C21H28O2/c1-20-10-7-17-16-6-4-15(22)13-14(16)3-5-18(17)19(20)8-11-21(20)9-2-12-23-21/h2,9,17-19H,3-8,10-13H2,1H3/t17?,18?,19?,20-,21-/m0/s1. The topological polar surface area (TPSA) is 26.3 Å². The van der Waals surface area contributed by atoms with Crippen molar-refractivity contribution in [2.45, 2.75) is 70.3 Å². The molecule has 5 rings (SSSR count). The maximum absolute atomic E-state index is 11.8. The molecule has 3 unspecified atom stereocenters. The highest BCUT2D eigenvalue weighted by atomic mass is 16.5. The number of allylic oxidation sites excluding steroid dienone is 2. The van der Waals surface area contributed by atoms with Crippen LogP contribution in [0.5, 0.6) is 0 Å². The van der Waals surface area contributed by atoms with E-state index in [1.165, 1.54) is 44.1 Å². The Morgan fingerprint density at radius 1 is 1.13 bits per heavy atom. The fraction of sp³-hybridized carbons (Fsp3) is 0.762. The maximum atomic E-state index is 11.8. The minimum Gasteiger partial charge on any atom is -0.366 e. The number of fused-ring (bicyclic) bond motifs is 5. The molecule has 5 aliphatic rings. The number of hydrogen-bond donors (Lipinski definition) is 0. The van der Waals surface area contributed by atoms with Crippen molar-refractivity contribution in [2.75, 3.05) is 6.61 Å². The van der Waals surface area contributed by atoms with Crippen LogP contribution in [0.1, 0.15) is 64.7 Å². The van der Waals surface area contributed by atoms with Gasteiger partial charge in [-0.1, -0.05) is 30.2 Å². The predicted molar refractivity (Wildman–Crippen MR) is 90.0 cm³/mol. The predicted octanol–water partition coefficient (Wildman–Crippen LogP) is 4.60. The van der Waals surface area contributed by atoms with Crippen LogP contribution >= 0.6 is 0 Å². The molecule has 1 heterocycles. The molecule has 2 heteroatoms. The Bertz CT molecular complexity index is 615. The Morgan fingerprint density at radius 3 is 2.87 bits per heavy atom. The van der Waals surface area contributed by atoms with Crippen molar-refractivity contribution < 1.29 is 9.53 Å². The third-order valence-electron chi connectivity index (χ3n) is 8.21. The van der Waals surface area contributed by atoms with Gasteiger partial charge in [0.25, 0.3) is 0 Å². The summed E-state index contributed by atoms with van der Waals surface area (Å²) >= 11 is 0. The Balaban J connectivity index is 1.48. The van der Waals surface area contributed by atoms with Gasteiger partial charge in [0.2, 0.25) is 0 Å². The lowest BCUT2D eigenvalue weighted by Gasteiger charge is -2.54. The van der Waals surface area contributed by atoms with E-state index in [0.29, 0.717) is 11.2 Å². The Labute approximate surface area is 139 Å². The van der Waals surface area contributed by atoms with Crippen molar-refractivity contribution in [3.8, 4) is 0 Å². The fourth-order valence-corrected chi connectivity index (χ4v) is 7.08. The average molecular weight is 312 g/mol. The number of ether oxygens (including phenoxy) is 1. The molecule has 0 aromatic carbocycles. The summed E-state index contributed by atoms with van der Waals surface area (Å²) in [6.45, 7) is 3.33. The van der Waals surface area contributed by atoms with E-state index in [1.807, 2.05) is 0 Å². The van der Waals surface area contributed by atoms with Gasteiger partial charge in [-0.15, -0.1) is 0 Å². The van der Waals surface area contributed by atoms with Crippen molar-refractivity contribution in [3.63, 3.8) is 0 Å². The van der Waals surface area contributed by atoms with Crippen LogP contribution in [0.15, 0.2) is 23.3 Å². The molecular formula is C21H28O2. The zero-order valence-corrected chi connectivity index (χ0v) is 14.3. The lowest BCUT2D eigenvalue weighted by Crippen LogP contribution is -2.51. The van der Waals surface area contributed by atoms with Gasteiger partial charge in [-0.05, 0) is 62.7 Å². The van der Waals surface area contributed by atoms with Gasteiger partial charge in [0, 0.05) is 18.3 Å². The molecule has 0 radical (unpaired) electrons. The maximum Gasteiger partial charge on any atom is 0.137 e. The quantitative estimate of drug-likeness (QED) is 0.611. The molecular weight excluding hydrogens is 284 g/mol. The van der Waals surface area contributed by atoms with E-state index in [4.69, 9.17) is 4.74 Å². The van der Waals surface area contributed by atoms with E-state index in [2.05, 4.69) is 19.1 Å². The van der Waals surface area contributed by atoms with Crippen LogP contribution in [0.4, 0.5) is 0 Å². The van der Waals surface area contributed by atoms with E-state index in [-0.39, 0.29) is 5.60 Å². The number of carbonyl (C=O) groups excluding carboxylic acids is 1. The van der Waals surface area contributed by atoms with Crippen LogP contribution in [0, 0.1) is 23.2 Å². The van der Waals surface area contributed by atoms with E-state index >= 15 is 0 Å². The molecule has 1 aliphatic heterocycles. The van der Waals surface area contributed by atoms with Crippen LogP contribution in [0.25, 0.3) is 0 Å². The second-order valence-electron chi connectivity index (χ2n) is 8.86. The van der Waals surface area contributed by atoms with Crippen LogP contribution < -0.4 is 0 Å². The molecule has 0 N–H and O–H groups in total. The second kappa shape index (κ2) is 4.81. The van der Waals surface area contributed by atoms with Crippen LogP contribution in [0.2, 0.25) is 0 Å². The number of Topliss-reactive ketones (excluding diaryl/α,β-unsaturated/α-hetero) is 1. The summed E-state index contributed by atoms with van der Waals surface area (Å²) in [4.78, 5) is 11.8. The van der Waals surface area contributed by atoms with E-state index < -0.39 is 0 Å².